The third-order valence-electron chi connectivity index (χ3n) is 4.37. The number of benzene rings is 2. The highest BCUT2D eigenvalue weighted by molar-refractivity contribution is 5.78. The van der Waals surface area contributed by atoms with Crippen molar-refractivity contribution in [3.05, 3.63) is 54.4 Å². The van der Waals surface area contributed by atoms with Crippen LogP contribution < -0.4 is 9.47 Å². The van der Waals surface area contributed by atoms with Crippen molar-refractivity contribution in [1.29, 1.82) is 0 Å². The maximum Gasteiger partial charge on any atom is 0.154 e. The molecule has 1 heterocycles. The van der Waals surface area contributed by atoms with Gasteiger partial charge in [0, 0.05) is 17.0 Å². The molecule has 0 spiro atoms. The topological polar surface area (TPSA) is 57.1 Å². The van der Waals surface area contributed by atoms with E-state index in [2.05, 4.69) is 10.2 Å². The molecule has 25 heavy (non-hydrogen) atoms. The Hall–Kier alpha value is -2.95. The molecule has 0 atom stereocenters. The fourth-order valence-corrected chi connectivity index (χ4v) is 2.75. The molecule has 3 aromatic rings. The van der Waals surface area contributed by atoms with E-state index in [-0.39, 0.29) is 0 Å². The number of ether oxygens (including phenoxy) is 2. The smallest absolute Gasteiger partial charge is 0.154 e. The Kier molecular flexibility index (Phi) is 4.06. The normalized spacial score (nSPS) is 13.5. The molecule has 126 valence electrons. The minimum atomic E-state index is 0.453. The maximum atomic E-state index is 5.26. The molecule has 0 radical (unpaired) electrons. The molecule has 5 heteroatoms. The quantitative estimate of drug-likeness (QED) is 0.703. The highest BCUT2D eigenvalue weighted by Crippen LogP contribution is 2.39. The first-order valence-corrected chi connectivity index (χ1v) is 8.32. The fourth-order valence-electron chi connectivity index (χ4n) is 2.75. The molecule has 5 nitrogen and oxygen atoms in total. The number of nitrogens with zero attached hydrogens (tertiary/aromatic N) is 3. The Labute approximate surface area is 146 Å². The molecular weight excluding hydrogens is 314 g/mol. The number of hydrogen-bond acceptors (Lipinski definition) is 5. The van der Waals surface area contributed by atoms with Crippen LogP contribution in [0.25, 0.3) is 22.5 Å². The molecule has 0 saturated heterocycles. The average Bonchev–Trinajstić information content (AvgIpc) is 3.53. The lowest BCUT2D eigenvalue weighted by atomic mass is 10.0. The van der Waals surface area contributed by atoms with Crippen LogP contribution in [0.5, 0.6) is 11.5 Å². The van der Waals surface area contributed by atoms with Crippen molar-refractivity contribution in [2.24, 2.45) is 0 Å². The third-order valence-corrected chi connectivity index (χ3v) is 4.37. The van der Waals surface area contributed by atoms with Gasteiger partial charge in [0.15, 0.2) is 5.82 Å². The first-order chi connectivity index (χ1) is 12.3. The first-order valence-electron chi connectivity index (χ1n) is 8.32. The summed E-state index contributed by atoms with van der Waals surface area (Å²) in [5.41, 5.74) is 3.60. The second-order valence-electron chi connectivity index (χ2n) is 6.10. The standard InChI is InChI=1S/C20H19N3O2/c1-24-16-9-5-13(6-10-16)18-19(14-7-11-17(25-2)12-8-14)22-23-20(21-18)15-3-4-15/h5-12,15H,3-4H2,1-2H3. The summed E-state index contributed by atoms with van der Waals surface area (Å²) in [6.07, 6.45) is 2.29. The van der Waals surface area contributed by atoms with Gasteiger partial charge in [0.25, 0.3) is 0 Å². The molecule has 0 N–H and O–H groups in total. The molecule has 4 rings (SSSR count). The van der Waals surface area contributed by atoms with E-state index in [9.17, 15) is 0 Å². The largest absolute Gasteiger partial charge is 0.497 e. The molecule has 0 amide bonds. The molecule has 0 unspecified atom stereocenters. The van der Waals surface area contributed by atoms with Crippen LogP contribution in [-0.2, 0) is 0 Å². The zero-order valence-corrected chi connectivity index (χ0v) is 14.3. The highest BCUT2D eigenvalue weighted by Gasteiger charge is 2.28. The summed E-state index contributed by atoms with van der Waals surface area (Å²) in [5, 5.41) is 8.86. The van der Waals surface area contributed by atoms with Gasteiger partial charge in [-0.2, -0.15) is 0 Å². The predicted molar refractivity (Wildman–Crippen MR) is 95.8 cm³/mol. The van der Waals surface area contributed by atoms with E-state index in [1.807, 2.05) is 48.5 Å². The van der Waals surface area contributed by atoms with Crippen LogP contribution in [0.15, 0.2) is 48.5 Å². The summed E-state index contributed by atoms with van der Waals surface area (Å²) in [4.78, 5) is 4.83. The van der Waals surface area contributed by atoms with Gasteiger partial charge in [-0.25, -0.2) is 4.98 Å². The Balaban J connectivity index is 1.81. The number of hydrogen-bond donors (Lipinski definition) is 0. The van der Waals surface area contributed by atoms with Gasteiger partial charge in [0.2, 0.25) is 0 Å². The average molecular weight is 333 g/mol. The van der Waals surface area contributed by atoms with Crippen molar-refractivity contribution in [3.8, 4) is 34.0 Å². The summed E-state index contributed by atoms with van der Waals surface area (Å²) in [6, 6.07) is 15.7. The first kappa shape index (κ1) is 15.6. The van der Waals surface area contributed by atoms with Crippen LogP contribution in [-0.4, -0.2) is 29.4 Å². The lowest BCUT2D eigenvalue weighted by molar-refractivity contribution is 0.414. The fraction of sp³-hybridized carbons (Fsp3) is 0.250. The zero-order valence-electron chi connectivity index (χ0n) is 14.3. The lowest BCUT2D eigenvalue weighted by Crippen LogP contribution is -2.02. The van der Waals surface area contributed by atoms with E-state index in [4.69, 9.17) is 14.5 Å². The van der Waals surface area contributed by atoms with E-state index in [0.717, 1.165) is 52.7 Å². The van der Waals surface area contributed by atoms with E-state index in [1.54, 1.807) is 14.2 Å². The van der Waals surface area contributed by atoms with Crippen molar-refractivity contribution in [2.75, 3.05) is 14.2 Å². The molecule has 0 bridgehead atoms. The maximum absolute atomic E-state index is 5.26. The Morgan fingerprint density at radius 1 is 0.720 bits per heavy atom. The molecule has 1 saturated carbocycles. The molecule has 0 aliphatic heterocycles. The monoisotopic (exact) mass is 333 g/mol. The predicted octanol–water partition coefficient (Wildman–Crippen LogP) is 4.10. The van der Waals surface area contributed by atoms with E-state index in [1.165, 1.54) is 0 Å². The minimum Gasteiger partial charge on any atom is -0.497 e. The van der Waals surface area contributed by atoms with Gasteiger partial charge in [0.05, 0.1) is 14.2 Å². The Morgan fingerprint density at radius 2 is 1.24 bits per heavy atom. The molecule has 1 aliphatic rings. The highest BCUT2D eigenvalue weighted by atomic mass is 16.5. The van der Waals surface area contributed by atoms with Crippen LogP contribution in [0.3, 0.4) is 0 Å². The van der Waals surface area contributed by atoms with Gasteiger partial charge >= 0.3 is 0 Å². The second kappa shape index (κ2) is 6.51. The molecule has 2 aromatic carbocycles. The molecule has 1 aliphatic carbocycles. The number of aromatic nitrogens is 3. The molecule has 1 aromatic heterocycles. The second-order valence-corrected chi connectivity index (χ2v) is 6.10. The van der Waals surface area contributed by atoms with Gasteiger partial charge in [-0.05, 0) is 61.4 Å². The minimum absolute atomic E-state index is 0.453. The summed E-state index contributed by atoms with van der Waals surface area (Å²) in [5.74, 6) is 2.92. The third kappa shape index (κ3) is 3.18. The summed E-state index contributed by atoms with van der Waals surface area (Å²) < 4.78 is 10.5. The van der Waals surface area contributed by atoms with Crippen molar-refractivity contribution < 1.29 is 9.47 Å². The van der Waals surface area contributed by atoms with Gasteiger partial charge in [-0.3, -0.25) is 0 Å². The Morgan fingerprint density at radius 3 is 1.72 bits per heavy atom. The van der Waals surface area contributed by atoms with Gasteiger partial charge in [0.1, 0.15) is 22.9 Å². The number of methoxy groups -OCH3 is 2. The number of rotatable bonds is 5. The van der Waals surface area contributed by atoms with Crippen molar-refractivity contribution in [2.45, 2.75) is 18.8 Å². The van der Waals surface area contributed by atoms with Crippen LogP contribution >= 0.6 is 0 Å². The van der Waals surface area contributed by atoms with E-state index in [0.29, 0.717) is 5.92 Å². The van der Waals surface area contributed by atoms with Gasteiger partial charge in [-0.15, -0.1) is 10.2 Å². The van der Waals surface area contributed by atoms with E-state index < -0.39 is 0 Å². The Bertz CT molecular complexity index is 872. The molecule has 1 fully saturated rings. The SMILES string of the molecule is COc1ccc(-c2nnc(C3CC3)nc2-c2ccc(OC)cc2)cc1. The summed E-state index contributed by atoms with van der Waals surface area (Å²) in [7, 11) is 3.32. The lowest BCUT2D eigenvalue weighted by Gasteiger charge is -2.10. The van der Waals surface area contributed by atoms with Crippen molar-refractivity contribution >= 4 is 0 Å². The summed E-state index contributed by atoms with van der Waals surface area (Å²) >= 11 is 0. The van der Waals surface area contributed by atoms with Gasteiger partial charge in [-0.1, -0.05) is 0 Å². The molecular formula is C20H19N3O2. The van der Waals surface area contributed by atoms with Crippen LogP contribution in [0.1, 0.15) is 24.6 Å². The summed E-state index contributed by atoms with van der Waals surface area (Å²) in [6.45, 7) is 0. The van der Waals surface area contributed by atoms with Crippen molar-refractivity contribution in [1.82, 2.24) is 15.2 Å². The van der Waals surface area contributed by atoms with Crippen LogP contribution in [0, 0.1) is 0 Å². The van der Waals surface area contributed by atoms with Crippen LogP contribution in [0.2, 0.25) is 0 Å². The van der Waals surface area contributed by atoms with Gasteiger partial charge < -0.3 is 9.47 Å². The zero-order chi connectivity index (χ0) is 17.2. The van der Waals surface area contributed by atoms with E-state index >= 15 is 0 Å². The van der Waals surface area contributed by atoms with Crippen molar-refractivity contribution in [3.63, 3.8) is 0 Å². The van der Waals surface area contributed by atoms with Crippen LogP contribution in [0.4, 0.5) is 0 Å².